The quantitative estimate of drug-likeness (QED) is 0.779. The average Bonchev–Trinajstić information content (AvgIpc) is 2.98. The Kier molecular flexibility index (Phi) is 2.82. The van der Waals surface area contributed by atoms with Gasteiger partial charge in [-0.2, -0.15) is 0 Å². The van der Waals surface area contributed by atoms with E-state index in [1.165, 1.54) is 0 Å². The van der Waals surface area contributed by atoms with Crippen molar-refractivity contribution in [2.24, 2.45) is 0 Å². The molecule has 1 N–H and O–H groups in total. The predicted molar refractivity (Wildman–Crippen MR) is 81.0 cm³/mol. The second-order valence-corrected chi connectivity index (χ2v) is 5.81. The molecule has 1 aromatic carbocycles. The van der Waals surface area contributed by atoms with E-state index in [1.54, 1.807) is 6.26 Å². The molecule has 4 rings (SSSR count). The lowest BCUT2D eigenvalue weighted by Gasteiger charge is -2.32. The number of rotatable bonds is 2. The molecule has 0 aliphatic heterocycles. The number of furan rings is 1. The average molecular weight is 279 g/mol. The maximum atomic E-state index is 11.1. The van der Waals surface area contributed by atoms with E-state index in [1.807, 2.05) is 36.5 Å². The fourth-order valence-electron chi connectivity index (χ4n) is 3.43. The van der Waals surface area contributed by atoms with Gasteiger partial charge < -0.3 is 9.52 Å². The van der Waals surface area contributed by atoms with Gasteiger partial charge in [0.25, 0.3) is 0 Å². The first-order chi connectivity index (χ1) is 10.3. The van der Waals surface area contributed by atoms with Crippen LogP contribution in [-0.2, 0) is 18.4 Å². The highest BCUT2D eigenvalue weighted by Gasteiger charge is 2.36. The van der Waals surface area contributed by atoms with Gasteiger partial charge >= 0.3 is 0 Å². The standard InChI is InChI=1S/C18H17NO2/c20-18(9-3-6-17-15(18)8-11-21-17)12-13-7-10-19-16-5-2-1-4-14(13)16/h1-2,4-5,7-8,10-11,20H,3,6,9,12H2. The number of hydrogen-bond donors (Lipinski definition) is 1. The molecule has 0 saturated carbocycles. The van der Waals surface area contributed by atoms with Crippen molar-refractivity contribution < 1.29 is 9.52 Å². The monoisotopic (exact) mass is 279 g/mol. The summed E-state index contributed by atoms with van der Waals surface area (Å²) < 4.78 is 5.50. The van der Waals surface area contributed by atoms with Crippen molar-refractivity contribution in [3.05, 3.63) is 65.7 Å². The second-order valence-electron chi connectivity index (χ2n) is 5.81. The molecule has 3 nitrogen and oxygen atoms in total. The summed E-state index contributed by atoms with van der Waals surface area (Å²) in [6.45, 7) is 0. The Bertz CT molecular complexity index is 787. The van der Waals surface area contributed by atoms with Crippen LogP contribution in [0.1, 0.15) is 29.7 Å². The molecule has 3 heteroatoms. The van der Waals surface area contributed by atoms with Gasteiger partial charge in [0.1, 0.15) is 5.76 Å². The topological polar surface area (TPSA) is 46.3 Å². The fraction of sp³-hybridized carbons (Fsp3) is 0.278. The van der Waals surface area contributed by atoms with E-state index in [0.717, 1.165) is 47.1 Å². The van der Waals surface area contributed by atoms with Crippen molar-refractivity contribution in [1.29, 1.82) is 0 Å². The third kappa shape index (κ3) is 2.05. The Balaban J connectivity index is 1.79. The lowest BCUT2D eigenvalue weighted by molar-refractivity contribution is 0.0171. The minimum Gasteiger partial charge on any atom is -0.469 e. The largest absolute Gasteiger partial charge is 0.469 e. The van der Waals surface area contributed by atoms with Gasteiger partial charge in [0.15, 0.2) is 0 Å². The molecule has 1 aliphatic rings. The normalized spacial score (nSPS) is 21.4. The Labute approximate surface area is 123 Å². The summed E-state index contributed by atoms with van der Waals surface area (Å²) in [5.41, 5.74) is 2.23. The molecular weight excluding hydrogens is 262 g/mol. The fourth-order valence-corrected chi connectivity index (χ4v) is 3.43. The molecule has 1 aliphatic carbocycles. The summed E-state index contributed by atoms with van der Waals surface area (Å²) >= 11 is 0. The number of aryl methyl sites for hydroxylation is 1. The van der Waals surface area contributed by atoms with E-state index in [2.05, 4.69) is 11.1 Å². The number of hydrogen-bond acceptors (Lipinski definition) is 3. The molecule has 0 spiro atoms. The summed E-state index contributed by atoms with van der Waals surface area (Å²) in [5, 5.41) is 12.3. The highest BCUT2D eigenvalue weighted by atomic mass is 16.3. The molecule has 3 aromatic rings. The number of aliphatic hydroxyl groups is 1. The van der Waals surface area contributed by atoms with Gasteiger partial charge in [-0.1, -0.05) is 18.2 Å². The Morgan fingerprint density at radius 2 is 2.10 bits per heavy atom. The van der Waals surface area contributed by atoms with Crippen molar-refractivity contribution in [2.75, 3.05) is 0 Å². The Morgan fingerprint density at radius 1 is 1.19 bits per heavy atom. The first-order valence-corrected chi connectivity index (χ1v) is 7.38. The van der Waals surface area contributed by atoms with E-state index in [-0.39, 0.29) is 0 Å². The van der Waals surface area contributed by atoms with Crippen molar-refractivity contribution in [2.45, 2.75) is 31.3 Å². The highest BCUT2D eigenvalue weighted by Crippen LogP contribution is 2.39. The predicted octanol–water partition coefficient (Wildman–Crippen LogP) is 3.59. The van der Waals surface area contributed by atoms with E-state index < -0.39 is 5.60 Å². The molecule has 0 radical (unpaired) electrons. The van der Waals surface area contributed by atoms with Crippen molar-refractivity contribution in [3.8, 4) is 0 Å². The van der Waals surface area contributed by atoms with E-state index in [9.17, 15) is 5.11 Å². The number of benzene rings is 1. The highest BCUT2D eigenvalue weighted by molar-refractivity contribution is 5.82. The van der Waals surface area contributed by atoms with E-state index in [0.29, 0.717) is 6.42 Å². The maximum Gasteiger partial charge on any atom is 0.109 e. The Morgan fingerprint density at radius 3 is 3.05 bits per heavy atom. The summed E-state index contributed by atoms with van der Waals surface area (Å²) in [7, 11) is 0. The van der Waals surface area contributed by atoms with Crippen LogP contribution >= 0.6 is 0 Å². The van der Waals surface area contributed by atoms with Crippen LogP contribution in [0.4, 0.5) is 0 Å². The third-order valence-corrected chi connectivity index (χ3v) is 4.46. The summed E-state index contributed by atoms with van der Waals surface area (Å²) in [6, 6.07) is 12.0. The van der Waals surface area contributed by atoms with Crippen LogP contribution in [0, 0.1) is 0 Å². The van der Waals surface area contributed by atoms with Gasteiger partial charge in [0.2, 0.25) is 0 Å². The van der Waals surface area contributed by atoms with Gasteiger partial charge in [0.05, 0.1) is 17.4 Å². The molecule has 21 heavy (non-hydrogen) atoms. The maximum absolute atomic E-state index is 11.1. The number of pyridine rings is 1. The minimum atomic E-state index is -0.829. The minimum absolute atomic E-state index is 0.600. The van der Waals surface area contributed by atoms with E-state index in [4.69, 9.17) is 4.42 Å². The molecule has 0 fully saturated rings. The van der Waals surface area contributed by atoms with Crippen LogP contribution in [0.2, 0.25) is 0 Å². The molecule has 0 bridgehead atoms. The number of aromatic nitrogens is 1. The van der Waals surface area contributed by atoms with Crippen molar-refractivity contribution >= 4 is 10.9 Å². The third-order valence-electron chi connectivity index (χ3n) is 4.46. The van der Waals surface area contributed by atoms with Gasteiger partial charge in [-0.25, -0.2) is 0 Å². The van der Waals surface area contributed by atoms with Crippen LogP contribution in [0.3, 0.4) is 0 Å². The lowest BCUT2D eigenvalue weighted by atomic mass is 9.78. The van der Waals surface area contributed by atoms with E-state index >= 15 is 0 Å². The summed E-state index contributed by atoms with van der Waals surface area (Å²) in [4.78, 5) is 4.39. The molecular formula is C18H17NO2. The van der Waals surface area contributed by atoms with Gasteiger partial charge in [-0.3, -0.25) is 4.98 Å². The number of fused-ring (bicyclic) bond motifs is 2. The first-order valence-electron chi connectivity index (χ1n) is 7.38. The van der Waals surface area contributed by atoms with Gasteiger partial charge in [-0.05, 0) is 36.6 Å². The van der Waals surface area contributed by atoms with Gasteiger partial charge in [-0.15, -0.1) is 0 Å². The smallest absolute Gasteiger partial charge is 0.109 e. The van der Waals surface area contributed by atoms with Crippen LogP contribution in [0.15, 0.2) is 53.3 Å². The van der Waals surface area contributed by atoms with Crippen LogP contribution < -0.4 is 0 Å². The zero-order chi connectivity index (χ0) is 14.3. The number of para-hydroxylation sites is 1. The molecule has 1 atom stereocenters. The molecule has 2 heterocycles. The lowest BCUT2D eigenvalue weighted by Crippen LogP contribution is -2.32. The molecule has 1 unspecified atom stereocenters. The van der Waals surface area contributed by atoms with Crippen LogP contribution in [-0.4, -0.2) is 10.1 Å². The van der Waals surface area contributed by atoms with Crippen molar-refractivity contribution in [3.63, 3.8) is 0 Å². The summed E-state index contributed by atoms with van der Waals surface area (Å²) in [6.07, 6.45) is 6.76. The Hall–Kier alpha value is -2.13. The van der Waals surface area contributed by atoms with Crippen LogP contribution in [0.25, 0.3) is 10.9 Å². The van der Waals surface area contributed by atoms with Crippen LogP contribution in [0.5, 0.6) is 0 Å². The molecule has 0 saturated heterocycles. The molecule has 2 aromatic heterocycles. The molecule has 106 valence electrons. The molecule has 0 amide bonds. The zero-order valence-electron chi connectivity index (χ0n) is 11.7. The second kappa shape index (κ2) is 4.71. The first kappa shape index (κ1) is 12.6. The van der Waals surface area contributed by atoms with Gasteiger partial charge in [0, 0.05) is 30.0 Å². The number of nitrogens with zero attached hydrogens (tertiary/aromatic N) is 1. The summed E-state index contributed by atoms with van der Waals surface area (Å²) in [5.74, 6) is 0.933. The van der Waals surface area contributed by atoms with Crippen molar-refractivity contribution in [1.82, 2.24) is 4.98 Å². The SMILES string of the molecule is OC1(Cc2ccnc3ccccc23)CCCc2occc21. The zero-order valence-corrected chi connectivity index (χ0v) is 11.7.